The summed E-state index contributed by atoms with van der Waals surface area (Å²) >= 11 is 5.04. The summed E-state index contributed by atoms with van der Waals surface area (Å²) in [7, 11) is 0. The third-order valence-corrected chi connectivity index (χ3v) is 3.94. The minimum atomic E-state index is -0.152. The number of thiocarbonyl (C=S) groups is 1. The molecular weight excluding hydrogens is 254 g/mol. The summed E-state index contributed by atoms with van der Waals surface area (Å²) in [5, 5.41) is 0. The van der Waals surface area contributed by atoms with E-state index < -0.39 is 0 Å². The van der Waals surface area contributed by atoms with Gasteiger partial charge in [-0.25, -0.2) is 0 Å². The molecule has 0 aliphatic rings. The number of rotatable bonds is 5. The summed E-state index contributed by atoms with van der Waals surface area (Å²) < 4.78 is 5.74. The highest BCUT2D eigenvalue weighted by Crippen LogP contribution is 2.25. The van der Waals surface area contributed by atoms with Crippen LogP contribution in [0.25, 0.3) is 0 Å². The van der Waals surface area contributed by atoms with Crippen LogP contribution in [0.1, 0.15) is 46.6 Å². The second-order valence-corrected chi connectivity index (χ2v) is 7.06. The molecule has 3 heteroatoms. The van der Waals surface area contributed by atoms with Gasteiger partial charge in [-0.3, -0.25) is 0 Å². The van der Waals surface area contributed by atoms with Crippen molar-refractivity contribution in [1.29, 1.82) is 0 Å². The van der Waals surface area contributed by atoms with Crippen LogP contribution in [0.15, 0.2) is 24.3 Å². The Bertz CT molecular complexity index is 429. The van der Waals surface area contributed by atoms with Crippen molar-refractivity contribution in [2.75, 3.05) is 6.61 Å². The molecule has 0 aromatic heterocycles. The first-order valence-corrected chi connectivity index (χ1v) is 7.07. The Morgan fingerprint density at radius 1 is 1.11 bits per heavy atom. The third-order valence-electron chi connectivity index (χ3n) is 3.38. The van der Waals surface area contributed by atoms with E-state index in [1.165, 1.54) is 5.56 Å². The first-order valence-electron chi connectivity index (χ1n) is 6.66. The van der Waals surface area contributed by atoms with Crippen molar-refractivity contribution in [2.24, 2.45) is 11.1 Å². The number of hydrogen-bond acceptors (Lipinski definition) is 2. The van der Waals surface area contributed by atoms with Gasteiger partial charge in [0.15, 0.2) is 0 Å². The topological polar surface area (TPSA) is 35.2 Å². The predicted octanol–water partition coefficient (Wildman–Crippen LogP) is 4.07. The van der Waals surface area contributed by atoms with E-state index in [9.17, 15) is 0 Å². The molecule has 0 unspecified atom stereocenters. The molecule has 1 rings (SSSR count). The van der Waals surface area contributed by atoms with Gasteiger partial charge in [0.1, 0.15) is 5.75 Å². The molecule has 0 radical (unpaired) electrons. The zero-order valence-corrected chi connectivity index (χ0v) is 13.4. The normalized spacial score (nSPS) is 12.3. The average molecular weight is 279 g/mol. The summed E-state index contributed by atoms with van der Waals surface area (Å²) in [5.74, 6) is 0.895. The lowest BCUT2D eigenvalue weighted by Crippen LogP contribution is -2.31. The molecule has 0 atom stereocenters. The van der Waals surface area contributed by atoms with E-state index in [0.717, 1.165) is 12.2 Å². The predicted molar refractivity (Wildman–Crippen MR) is 85.8 cm³/mol. The minimum absolute atomic E-state index is 0.152. The second-order valence-electron chi connectivity index (χ2n) is 6.62. The molecule has 0 heterocycles. The Balaban J connectivity index is 2.54. The van der Waals surface area contributed by atoms with Crippen molar-refractivity contribution in [1.82, 2.24) is 0 Å². The molecule has 2 N–H and O–H groups in total. The van der Waals surface area contributed by atoms with E-state index in [1.807, 2.05) is 26.0 Å². The van der Waals surface area contributed by atoms with Gasteiger partial charge in [0.25, 0.3) is 0 Å². The maximum absolute atomic E-state index is 5.74. The zero-order valence-electron chi connectivity index (χ0n) is 12.6. The number of hydrogen-bond donors (Lipinski definition) is 1. The Labute approximate surface area is 122 Å². The van der Waals surface area contributed by atoms with Crippen LogP contribution in [-0.2, 0) is 5.41 Å². The first kappa shape index (κ1) is 16.0. The van der Waals surface area contributed by atoms with E-state index >= 15 is 0 Å². The molecule has 0 saturated carbocycles. The van der Waals surface area contributed by atoms with Crippen molar-refractivity contribution in [3.05, 3.63) is 29.8 Å². The quantitative estimate of drug-likeness (QED) is 0.825. The first-order chi connectivity index (χ1) is 8.63. The van der Waals surface area contributed by atoms with Crippen LogP contribution in [0, 0.1) is 5.41 Å². The SMILES string of the molecule is CC(C)(CCOc1ccc(C(C)(C)C)cc1)C(N)=S. The summed E-state index contributed by atoms with van der Waals surface area (Å²) in [6, 6.07) is 8.28. The molecule has 106 valence electrons. The molecule has 1 aromatic rings. The van der Waals surface area contributed by atoms with Gasteiger partial charge in [0.05, 0.1) is 11.6 Å². The Kier molecular flexibility index (Phi) is 4.97. The van der Waals surface area contributed by atoms with Crippen LogP contribution in [0.3, 0.4) is 0 Å². The fourth-order valence-electron chi connectivity index (χ4n) is 1.60. The van der Waals surface area contributed by atoms with Crippen molar-refractivity contribution in [3.63, 3.8) is 0 Å². The molecule has 1 aromatic carbocycles. The van der Waals surface area contributed by atoms with Gasteiger partial charge in [0, 0.05) is 5.41 Å². The molecule has 19 heavy (non-hydrogen) atoms. The van der Waals surface area contributed by atoms with Crippen molar-refractivity contribution >= 4 is 17.2 Å². The van der Waals surface area contributed by atoms with E-state index in [1.54, 1.807) is 0 Å². The Morgan fingerprint density at radius 3 is 2.05 bits per heavy atom. The molecule has 0 amide bonds. The average Bonchev–Trinajstić information content (AvgIpc) is 2.28. The van der Waals surface area contributed by atoms with Crippen LogP contribution in [0.5, 0.6) is 5.75 Å². The van der Waals surface area contributed by atoms with Gasteiger partial charge in [-0.2, -0.15) is 0 Å². The highest BCUT2D eigenvalue weighted by molar-refractivity contribution is 7.80. The van der Waals surface area contributed by atoms with E-state index in [2.05, 4.69) is 32.9 Å². The summed E-state index contributed by atoms with van der Waals surface area (Å²) in [5.41, 5.74) is 7.02. The van der Waals surface area contributed by atoms with Gasteiger partial charge in [-0.05, 0) is 29.5 Å². The number of ether oxygens (including phenoxy) is 1. The maximum Gasteiger partial charge on any atom is 0.119 e. The van der Waals surface area contributed by atoms with Crippen LogP contribution >= 0.6 is 12.2 Å². The number of benzene rings is 1. The summed E-state index contributed by atoms with van der Waals surface area (Å²) in [6.07, 6.45) is 0.823. The van der Waals surface area contributed by atoms with Crippen LogP contribution in [-0.4, -0.2) is 11.6 Å². The standard InChI is InChI=1S/C16H25NOS/c1-15(2,3)12-6-8-13(9-7-12)18-11-10-16(4,5)14(17)19/h6-9H,10-11H2,1-5H3,(H2,17,19). The highest BCUT2D eigenvalue weighted by Gasteiger charge is 2.21. The smallest absolute Gasteiger partial charge is 0.119 e. The van der Waals surface area contributed by atoms with Crippen LogP contribution < -0.4 is 10.5 Å². The molecule has 0 bridgehead atoms. The molecule has 0 spiro atoms. The van der Waals surface area contributed by atoms with Gasteiger partial charge < -0.3 is 10.5 Å². The van der Waals surface area contributed by atoms with E-state index in [4.69, 9.17) is 22.7 Å². The Morgan fingerprint density at radius 2 is 1.63 bits per heavy atom. The van der Waals surface area contributed by atoms with Gasteiger partial charge in [-0.1, -0.05) is 59.0 Å². The summed E-state index contributed by atoms with van der Waals surface area (Å²) in [4.78, 5) is 0.541. The molecule has 0 saturated heterocycles. The maximum atomic E-state index is 5.74. The van der Waals surface area contributed by atoms with Gasteiger partial charge >= 0.3 is 0 Å². The molecule has 0 aliphatic heterocycles. The number of nitrogens with two attached hydrogens (primary N) is 1. The van der Waals surface area contributed by atoms with Crippen molar-refractivity contribution in [2.45, 2.75) is 46.5 Å². The molecule has 0 fully saturated rings. The molecule has 2 nitrogen and oxygen atoms in total. The lowest BCUT2D eigenvalue weighted by Gasteiger charge is -2.23. The summed E-state index contributed by atoms with van der Waals surface area (Å²) in [6.45, 7) is 11.3. The highest BCUT2D eigenvalue weighted by atomic mass is 32.1. The Hall–Kier alpha value is -1.09. The molecule has 0 aliphatic carbocycles. The van der Waals surface area contributed by atoms with Crippen molar-refractivity contribution < 1.29 is 4.74 Å². The largest absolute Gasteiger partial charge is 0.494 e. The van der Waals surface area contributed by atoms with E-state index in [0.29, 0.717) is 11.6 Å². The fourth-order valence-corrected chi connectivity index (χ4v) is 1.70. The minimum Gasteiger partial charge on any atom is -0.494 e. The van der Waals surface area contributed by atoms with Gasteiger partial charge in [-0.15, -0.1) is 0 Å². The second kappa shape index (κ2) is 5.91. The van der Waals surface area contributed by atoms with Crippen LogP contribution in [0.4, 0.5) is 0 Å². The van der Waals surface area contributed by atoms with Crippen LogP contribution in [0.2, 0.25) is 0 Å². The fraction of sp³-hybridized carbons (Fsp3) is 0.562. The molecular formula is C16H25NOS. The monoisotopic (exact) mass is 279 g/mol. The lowest BCUT2D eigenvalue weighted by atomic mass is 9.87. The van der Waals surface area contributed by atoms with Gasteiger partial charge in [0.2, 0.25) is 0 Å². The third kappa shape index (κ3) is 4.83. The van der Waals surface area contributed by atoms with E-state index in [-0.39, 0.29) is 10.8 Å². The lowest BCUT2D eigenvalue weighted by molar-refractivity contribution is 0.270. The van der Waals surface area contributed by atoms with Crippen molar-refractivity contribution in [3.8, 4) is 5.75 Å². The zero-order chi connectivity index (χ0) is 14.7.